The Morgan fingerprint density at radius 1 is 1.35 bits per heavy atom. The lowest BCUT2D eigenvalue weighted by Gasteiger charge is -2.29. The molecule has 20 heavy (non-hydrogen) atoms. The fourth-order valence-corrected chi connectivity index (χ4v) is 1.90. The monoisotopic (exact) mass is 354 g/mol. The molecule has 0 aliphatic heterocycles. The highest BCUT2D eigenvalue weighted by Gasteiger charge is 2.57. The Hall–Kier alpha value is -1.77. The highest BCUT2D eigenvalue weighted by molar-refractivity contribution is 9.10. The van der Waals surface area contributed by atoms with Gasteiger partial charge in [-0.05, 0) is 41.1 Å². The highest BCUT2D eigenvalue weighted by atomic mass is 79.9. The zero-order valence-electron chi connectivity index (χ0n) is 10.1. The molecule has 0 saturated carbocycles. The van der Waals surface area contributed by atoms with Gasteiger partial charge in [-0.25, -0.2) is 4.79 Å². The van der Waals surface area contributed by atoms with E-state index in [1.165, 1.54) is 6.07 Å². The maximum atomic E-state index is 12.8. The first kappa shape index (κ1) is 16.3. The number of hydrogen-bond acceptors (Lipinski definition) is 3. The molecule has 0 saturated heterocycles. The number of amides is 1. The molecule has 110 valence electrons. The van der Waals surface area contributed by atoms with E-state index in [1.807, 2.05) is 5.32 Å². The lowest BCUT2D eigenvalue weighted by Crippen LogP contribution is -2.55. The second kappa shape index (κ2) is 5.31. The first-order chi connectivity index (χ1) is 8.99. The number of carboxylic acids is 1. The van der Waals surface area contributed by atoms with Crippen molar-refractivity contribution in [1.82, 2.24) is 0 Å². The van der Waals surface area contributed by atoms with Crippen LogP contribution in [0.3, 0.4) is 0 Å². The summed E-state index contributed by atoms with van der Waals surface area (Å²) in [5.41, 5.74) is 1.84. The van der Waals surface area contributed by atoms with Gasteiger partial charge in [-0.3, -0.25) is 4.79 Å². The Balaban J connectivity index is 3.18. The number of aliphatic carboxylic acids is 1. The number of nitrogens with one attached hydrogen (secondary N) is 1. The summed E-state index contributed by atoms with van der Waals surface area (Å²) in [4.78, 5) is 21.8. The van der Waals surface area contributed by atoms with Crippen molar-refractivity contribution in [1.29, 1.82) is 0 Å². The Morgan fingerprint density at radius 3 is 2.25 bits per heavy atom. The van der Waals surface area contributed by atoms with Crippen molar-refractivity contribution in [3.05, 3.63) is 28.2 Å². The fourth-order valence-electron chi connectivity index (χ4n) is 1.33. The lowest BCUT2D eigenvalue weighted by molar-refractivity contribution is -0.192. The smallest absolute Gasteiger partial charge is 0.422 e. The number of nitrogens with two attached hydrogens (primary N) is 1. The van der Waals surface area contributed by atoms with E-state index in [1.54, 1.807) is 0 Å². The number of benzene rings is 1. The predicted molar refractivity (Wildman–Crippen MR) is 68.4 cm³/mol. The molecule has 0 aliphatic carbocycles. The van der Waals surface area contributed by atoms with Gasteiger partial charge >= 0.3 is 12.1 Å². The van der Waals surface area contributed by atoms with Gasteiger partial charge in [-0.2, -0.15) is 13.2 Å². The summed E-state index contributed by atoms with van der Waals surface area (Å²) in [7, 11) is 0. The molecular weight excluding hydrogens is 345 g/mol. The zero-order chi connectivity index (χ0) is 15.7. The van der Waals surface area contributed by atoms with Gasteiger partial charge in [-0.15, -0.1) is 0 Å². The number of halogens is 4. The molecule has 0 fully saturated rings. The van der Waals surface area contributed by atoms with Crippen LogP contribution in [-0.4, -0.2) is 28.7 Å². The van der Waals surface area contributed by atoms with Gasteiger partial charge in [-0.1, -0.05) is 0 Å². The first-order valence-electron chi connectivity index (χ1n) is 5.16. The standard InChI is InChI=1S/C11H10BrF3N2O3/c1-10(9(19)20,11(13,14)15)17-5-2-3-6(8(16)18)7(12)4-5/h2-4,17H,1H3,(H2,16,18)(H,19,20). The Bertz CT molecular complexity index is 562. The van der Waals surface area contributed by atoms with E-state index in [2.05, 4.69) is 15.9 Å². The average Bonchev–Trinajstić information content (AvgIpc) is 2.26. The first-order valence-corrected chi connectivity index (χ1v) is 5.96. The normalized spacial score (nSPS) is 14.4. The van der Waals surface area contributed by atoms with E-state index in [4.69, 9.17) is 10.8 Å². The summed E-state index contributed by atoms with van der Waals surface area (Å²) in [5.74, 6) is -2.83. The molecule has 0 heterocycles. The molecule has 1 atom stereocenters. The summed E-state index contributed by atoms with van der Waals surface area (Å²) in [6.07, 6.45) is -5.01. The summed E-state index contributed by atoms with van der Waals surface area (Å²) >= 11 is 2.97. The van der Waals surface area contributed by atoms with Crippen molar-refractivity contribution in [2.45, 2.75) is 18.6 Å². The zero-order valence-corrected chi connectivity index (χ0v) is 11.7. The Morgan fingerprint density at radius 2 is 1.90 bits per heavy atom. The minimum atomic E-state index is -5.01. The molecule has 4 N–H and O–H groups in total. The van der Waals surface area contributed by atoms with Gasteiger partial charge in [0.05, 0.1) is 5.56 Å². The largest absolute Gasteiger partial charge is 0.479 e. The molecule has 1 unspecified atom stereocenters. The number of carbonyl (C=O) groups is 2. The molecule has 1 amide bonds. The molecule has 0 bridgehead atoms. The third-order valence-corrected chi connectivity index (χ3v) is 3.28. The molecule has 1 aromatic rings. The Labute approximate surface area is 120 Å². The van der Waals surface area contributed by atoms with E-state index in [0.717, 1.165) is 12.1 Å². The molecule has 0 aliphatic rings. The van der Waals surface area contributed by atoms with Crippen LogP contribution in [0.4, 0.5) is 18.9 Å². The number of anilines is 1. The van der Waals surface area contributed by atoms with Crippen LogP contribution in [0.15, 0.2) is 22.7 Å². The van der Waals surface area contributed by atoms with Crippen molar-refractivity contribution in [2.24, 2.45) is 5.73 Å². The summed E-state index contributed by atoms with van der Waals surface area (Å²) in [5, 5.41) is 10.7. The topological polar surface area (TPSA) is 92.4 Å². The number of hydrogen-bond donors (Lipinski definition) is 3. The van der Waals surface area contributed by atoms with E-state index in [0.29, 0.717) is 6.92 Å². The van der Waals surface area contributed by atoms with Crippen LogP contribution in [0.25, 0.3) is 0 Å². The van der Waals surface area contributed by atoms with Crippen LogP contribution in [-0.2, 0) is 4.79 Å². The molecular formula is C11H10BrF3N2O3. The van der Waals surface area contributed by atoms with Crippen LogP contribution < -0.4 is 11.1 Å². The molecule has 9 heteroatoms. The Kier molecular flexibility index (Phi) is 4.33. The van der Waals surface area contributed by atoms with Crippen LogP contribution in [0.2, 0.25) is 0 Å². The van der Waals surface area contributed by atoms with E-state index in [9.17, 15) is 22.8 Å². The third-order valence-electron chi connectivity index (χ3n) is 2.62. The third kappa shape index (κ3) is 3.03. The van der Waals surface area contributed by atoms with Crippen molar-refractivity contribution < 1.29 is 27.9 Å². The maximum absolute atomic E-state index is 12.8. The van der Waals surface area contributed by atoms with Crippen LogP contribution in [0.1, 0.15) is 17.3 Å². The minimum absolute atomic E-state index is 0.0691. The van der Waals surface area contributed by atoms with Gasteiger partial charge in [0.1, 0.15) is 0 Å². The second-order valence-electron chi connectivity index (χ2n) is 4.11. The van der Waals surface area contributed by atoms with Gasteiger partial charge in [0.15, 0.2) is 0 Å². The minimum Gasteiger partial charge on any atom is -0.479 e. The van der Waals surface area contributed by atoms with E-state index < -0.39 is 23.6 Å². The molecule has 0 radical (unpaired) electrons. The van der Waals surface area contributed by atoms with Crippen molar-refractivity contribution in [2.75, 3.05) is 5.32 Å². The second-order valence-corrected chi connectivity index (χ2v) is 4.97. The van der Waals surface area contributed by atoms with Crippen molar-refractivity contribution >= 4 is 33.5 Å². The highest BCUT2D eigenvalue weighted by Crippen LogP contribution is 2.34. The average molecular weight is 355 g/mol. The summed E-state index contributed by atoms with van der Waals surface area (Å²) < 4.78 is 38.6. The number of alkyl halides is 3. The van der Waals surface area contributed by atoms with Crippen LogP contribution >= 0.6 is 15.9 Å². The van der Waals surface area contributed by atoms with Gasteiger partial charge in [0.2, 0.25) is 11.4 Å². The summed E-state index contributed by atoms with van der Waals surface area (Å²) in [6.45, 7) is 0.505. The van der Waals surface area contributed by atoms with Gasteiger partial charge in [0, 0.05) is 10.2 Å². The number of carboxylic acid groups (broad SMARTS) is 1. The molecule has 5 nitrogen and oxygen atoms in total. The van der Waals surface area contributed by atoms with E-state index >= 15 is 0 Å². The molecule has 0 spiro atoms. The molecule has 1 rings (SSSR count). The van der Waals surface area contributed by atoms with Crippen LogP contribution in [0.5, 0.6) is 0 Å². The fraction of sp³-hybridized carbons (Fsp3) is 0.273. The lowest BCUT2D eigenvalue weighted by atomic mass is 10.0. The van der Waals surface area contributed by atoms with Crippen molar-refractivity contribution in [3.63, 3.8) is 0 Å². The quantitative estimate of drug-likeness (QED) is 0.773. The predicted octanol–water partition coefficient (Wildman–Crippen LogP) is 2.37. The summed E-state index contributed by atoms with van der Waals surface area (Å²) in [6, 6.07) is 3.47. The number of rotatable bonds is 4. The van der Waals surface area contributed by atoms with Crippen LogP contribution in [0, 0.1) is 0 Å². The molecule has 1 aromatic carbocycles. The van der Waals surface area contributed by atoms with Gasteiger partial charge < -0.3 is 16.2 Å². The van der Waals surface area contributed by atoms with Gasteiger partial charge in [0.25, 0.3) is 0 Å². The number of carbonyl (C=O) groups excluding carboxylic acids is 1. The SMILES string of the molecule is CC(Nc1ccc(C(N)=O)c(Br)c1)(C(=O)O)C(F)(F)F. The maximum Gasteiger partial charge on any atom is 0.422 e. The van der Waals surface area contributed by atoms with E-state index in [-0.39, 0.29) is 15.7 Å². The number of primary amides is 1. The van der Waals surface area contributed by atoms with Crippen molar-refractivity contribution in [3.8, 4) is 0 Å². The molecule has 0 aromatic heterocycles.